The first kappa shape index (κ1) is 20.7. The molecule has 1 aromatic heterocycles. The molecule has 30 heavy (non-hydrogen) atoms. The number of aromatic nitrogens is 2. The van der Waals surface area contributed by atoms with Crippen LogP contribution in [0.15, 0.2) is 30.9 Å². The third-order valence-corrected chi connectivity index (χ3v) is 5.78. The first-order chi connectivity index (χ1) is 14.6. The molecule has 0 spiro atoms. The first-order valence-electron chi connectivity index (χ1n) is 10.3. The summed E-state index contributed by atoms with van der Waals surface area (Å²) in [6, 6.07) is 3.89. The molecule has 0 radical (unpaired) electrons. The van der Waals surface area contributed by atoms with Crippen molar-refractivity contribution >= 4 is 5.91 Å². The van der Waals surface area contributed by atoms with E-state index in [9.17, 15) is 13.6 Å². The van der Waals surface area contributed by atoms with Crippen LogP contribution in [0.2, 0.25) is 0 Å². The Bertz CT molecular complexity index is 917. The van der Waals surface area contributed by atoms with Crippen LogP contribution < -0.4 is 5.32 Å². The lowest BCUT2D eigenvalue weighted by Gasteiger charge is -2.28. The number of benzene rings is 1. The number of nitrogens with one attached hydrogen (secondary N) is 1. The average molecular weight is 416 g/mol. The lowest BCUT2D eigenvalue weighted by molar-refractivity contribution is 0.0297. The lowest BCUT2D eigenvalue weighted by Crippen LogP contribution is -2.41. The molecule has 1 saturated heterocycles. The largest absolute Gasteiger partial charge is 0.378 e. The minimum atomic E-state index is -0.555. The zero-order valence-corrected chi connectivity index (χ0v) is 16.9. The summed E-state index contributed by atoms with van der Waals surface area (Å²) in [5.74, 6) is -1.19. The van der Waals surface area contributed by atoms with Crippen molar-refractivity contribution in [2.75, 3.05) is 26.3 Å². The van der Waals surface area contributed by atoms with Gasteiger partial charge in [-0.1, -0.05) is 12.1 Å². The highest BCUT2D eigenvalue weighted by Crippen LogP contribution is 2.27. The summed E-state index contributed by atoms with van der Waals surface area (Å²) < 4.78 is 35.1. The number of amides is 1. The van der Waals surface area contributed by atoms with Crippen LogP contribution >= 0.6 is 0 Å². The Balaban J connectivity index is 1.53. The van der Waals surface area contributed by atoms with Gasteiger partial charge in [-0.15, -0.1) is 6.58 Å². The number of allylic oxidation sites excluding steroid dienone is 1. The Morgan fingerprint density at radius 3 is 2.73 bits per heavy atom. The van der Waals surface area contributed by atoms with E-state index in [1.54, 1.807) is 11.0 Å². The first-order valence-corrected chi connectivity index (χ1v) is 10.3. The minimum absolute atomic E-state index is 0.00845. The standard InChI is InChI=1S/C22H26F2N4O2/c1-2-8-28-20-7-6-15(25-14-17-18(23)4-3-5-19(17)24)13-16(20)21(26-28)22(29)27-9-11-30-12-10-27/h2-5,15,25H,1,6-14H2/t15-/m1/s1. The van der Waals surface area contributed by atoms with Crippen molar-refractivity contribution in [1.82, 2.24) is 20.0 Å². The zero-order chi connectivity index (χ0) is 21.1. The monoisotopic (exact) mass is 416 g/mol. The molecule has 1 fully saturated rings. The minimum Gasteiger partial charge on any atom is -0.378 e. The quantitative estimate of drug-likeness (QED) is 0.735. The Labute approximate surface area is 174 Å². The fourth-order valence-electron chi connectivity index (χ4n) is 4.17. The van der Waals surface area contributed by atoms with E-state index in [2.05, 4.69) is 17.0 Å². The maximum Gasteiger partial charge on any atom is 0.274 e. The van der Waals surface area contributed by atoms with Gasteiger partial charge in [0.25, 0.3) is 5.91 Å². The number of rotatable bonds is 6. The number of morpholine rings is 1. The van der Waals surface area contributed by atoms with E-state index in [1.807, 2.05) is 4.68 Å². The van der Waals surface area contributed by atoms with E-state index in [4.69, 9.17) is 4.74 Å². The molecule has 1 N–H and O–H groups in total. The van der Waals surface area contributed by atoms with Crippen molar-refractivity contribution in [2.24, 2.45) is 0 Å². The summed E-state index contributed by atoms with van der Waals surface area (Å²) in [5.41, 5.74) is 2.47. The second-order valence-corrected chi connectivity index (χ2v) is 7.67. The van der Waals surface area contributed by atoms with Crippen LogP contribution in [0.5, 0.6) is 0 Å². The summed E-state index contributed by atoms with van der Waals surface area (Å²) in [6.07, 6.45) is 3.90. The molecule has 1 aromatic carbocycles. The Hall–Kier alpha value is -2.58. The highest BCUT2D eigenvalue weighted by atomic mass is 19.1. The van der Waals surface area contributed by atoms with Crippen LogP contribution in [0.25, 0.3) is 0 Å². The summed E-state index contributed by atoms with van der Waals surface area (Å²) in [7, 11) is 0. The van der Waals surface area contributed by atoms with Gasteiger partial charge in [-0.2, -0.15) is 5.10 Å². The molecule has 1 amide bonds. The SMILES string of the molecule is C=CCn1nc(C(=O)N2CCOCC2)c2c1CC[C@@H](NCc1c(F)cccc1F)C2. The van der Waals surface area contributed by atoms with Gasteiger partial charge in [0.1, 0.15) is 11.6 Å². The fourth-order valence-corrected chi connectivity index (χ4v) is 4.17. The van der Waals surface area contributed by atoms with Gasteiger partial charge in [0.15, 0.2) is 5.69 Å². The number of ether oxygens (including phenoxy) is 1. The molecule has 1 atom stereocenters. The van der Waals surface area contributed by atoms with Gasteiger partial charge in [-0.05, 0) is 31.4 Å². The molecule has 0 bridgehead atoms. The van der Waals surface area contributed by atoms with Gasteiger partial charge < -0.3 is 15.0 Å². The van der Waals surface area contributed by atoms with E-state index in [1.165, 1.54) is 18.2 Å². The van der Waals surface area contributed by atoms with Crippen molar-refractivity contribution in [3.63, 3.8) is 0 Å². The van der Waals surface area contributed by atoms with Gasteiger partial charge >= 0.3 is 0 Å². The maximum absolute atomic E-state index is 13.9. The number of fused-ring (bicyclic) bond motifs is 1. The van der Waals surface area contributed by atoms with Gasteiger partial charge in [0.2, 0.25) is 0 Å². The highest BCUT2D eigenvalue weighted by molar-refractivity contribution is 5.94. The van der Waals surface area contributed by atoms with Crippen molar-refractivity contribution in [3.8, 4) is 0 Å². The van der Waals surface area contributed by atoms with E-state index in [0.29, 0.717) is 45.0 Å². The van der Waals surface area contributed by atoms with E-state index >= 15 is 0 Å². The second kappa shape index (κ2) is 9.06. The predicted octanol–water partition coefficient (Wildman–Crippen LogP) is 2.47. The van der Waals surface area contributed by atoms with Crippen molar-refractivity contribution < 1.29 is 18.3 Å². The summed E-state index contributed by atoms with van der Waals surface area (Å²) in [5, 5.41) is 7.87. The van der Waals surface area contributed by atoms with Crippen LogP contribution in [0.4, 0.5) is 8.78 Å². The summed E-state index contributed by atoms with van der Waals surface area (Å²) in [6.45, 7) is 6.59. The molecule has 0 unspecified atom stereocenters. The number of hydrogen-bond donors (Lipinski definition) is 1. The van der Waals surface area contributed by atoms with E-state index in [0.717, 1.165) is 24.1 Å². The van der Waals surface area contributed by atoms with Crippen molar-refractivity contribution in [3.05, 3.63) is 65.0 Å². The van der Waals surface area contributed by atoms with Crippen LogP contribution in [0, 0.1) is 11.6 Å². The van der Waals surface area contributed by atoms with Gasteiger partial charge in [-0.3, -0.25) is 9.48 Å². The molecular weight excluding hydrogens is 390 g/mol. The fraction of sp³-hybridized carbons (Fsp3) is 0.455. The van der Waals surface area contributed by atoms with Crippen LogP contribution in [-0.2, 0) is 30.7 Å². The Kier molecular flexibility index (Phi) is 6.24. The smallest absolute Gasteiger partial charge is 0.274 e. The molecular formula is C22H26F2N4O2. The van der Waals surface area contributed by atoms with Crippen LogP contribution in [-0.4, -0.2) is 52.9 Å². The Morgan fingerprint density at radius 1 is 1.30 bits per heavy atom. The van der Waals surface area contributed by atoms with Gasteiger partial charge in [-0.25, -0.2) is 8.78 Å². The third kappa shape index (κ3) is 4.15. The number of hydrogen-bond acceptors (Lipinski definition) is 4. The number of halogens is 2. The molecule has 4 rings (SSSR count). The highest BCUT2D eigenvalue weighted by Gasteiger charge is 2.31. The molecule has 2 heterocycles. The number of carbonyl (C=O) groups is 1. The maximum atomic E-state index is 13.9. The second-order valence-electron chi connectivity index (χ2n) is 7.67. The molecule has 1 aliphatic carbocycles. The topological polar surface area (TPSA) is 59.4 Å². The summed E-state index contributed by atoms with van der Waals surface area (Å²) in [4.78, 5) is 14.9. The Morgan fingerprint density at radius 2 is 2.03 bits per heavy atom. The van der Waals surface area contributed by atoms with Gasteiger partial charge in [0.05, 0.1) is 19.8 Å². The normalized spacial score (nSPS) is 18.9. The molecule has 2 aliphatic rings. The number of carbonyl (C=O) groups excluding carboxylic acids is 1. The predicted molar refractivity (Wildman–Crippen MR) is 108 cm³/mol. The lowest BCUT2D eigenvalue weighted by atomic mass is 9.90. The number of nitrogens with zero attached hydrogens (tertiary/aromatic N) is 3. The summed E-state index contributed by atoms with van der Waals surface area (Å²) >= 11 is 0. The van der Waals surface area contributed by atoms with Crippen molar-refractivity contribution in [1.29, 1.82) is 0 Å². The van der Waals surface area contributed by atoms with Crippen molar-refractivity contribution in [2.45, 2.75) is 38.4 Å². The molecule has 0 saturated carbocycles. The van der Waals surface area contributed by atoms with E-state index in [-0.39, 0.29) is 24.1 Å². The molecule has 6 nitrogen and oxygen atoms in total. The van der Waals surface area contributed by atoms with Crippen LogP contribution in [0.3, 0.4) is 0 Å². The molecule has 1 aliphatic heterocycles. The molecule has 8 heteroatoms. The van der Waals surface area contributed by atoms with Gasteiger partial charge in [0, 0.05) is 42.5 Å². The molecule has 160 valence electrons. The third-order valence-electron chi connectivity index (χ3n) is 5.78. The molecule has 2 aromatic rings. The zero-order valence-electron chi connectivity index (χ0n) is 16.9. The van der Waals surface area contributed by atoms with Crippen LogP contribution in [0.1, 0.15) is 33.7 Å². The van der Waals surface area contributed by atoms with E-state index < -0.39 is 11.6 Å². The average Bonchev–Trinajstić information content (AvgIpc) is 3.11.